The van der Waals surface area contributed by atoms with E-state index in [2.05, 4.69) is 24.1 Å². The van der Waals surface area contributed by atoms with Crippen molar-refractivity contribution in [2.75, 3.05) is 5.32 Å². The first-order valence-corrected chi connectivity index (χ1v) is 7.44. The van der Waals surface area contributed by atoms with Crippen molar-refractivity contribution in [2.24, 2.45) is 0 Å². The van der Waals surface area contributed by atoms with Gasteiger partial charge in [0.05, 0.1) is 0 Å². The molecule has 0 aliphatic heterocycles. The molecule has 2 rings (SSSR count). The first-order chi connectivity index (χ1) is 9.54. The highest BCUT2D eigenvalue weighted by Gasteiger charge is 2.08. The molecule has 0 aliphatic rings. The summed E-state index contributed by atoms with van der Waals surface area (Å²) >= 11 is 1.74. The van der Waals surface area contributed by atoms with Crippen LogP contribution in [0.5, 0.6) is 0 Å². The summed E-state index contributed by atoms with van der Waals surface area (Å²) in [6, 6.07) is 13.2. The molecule has 20 heavy (non-hydrogen) atoms. The van der Waals surface area contributed by atoms with E-state index in [1.807, 2.05) is 43.3 Å². The van der Waals surface area contributed by atoms with Gasteiger partial charge in [0.1, 0.15) is 5.82 Å². The van der Waals surface area contributed by atoms with Gasteiger partial charge in [0.25, 0.3) is 5.91 Å². The number of carbonyl (C=O) groups is 1. The van der Waals surface area contributed by atoms with Gasteiger partial charge in [0, 0.05) is 21.4 Å². The number of pyridine rings is 1. The molecule has 104 valence electrons. The van der Waals surface area contributed by atoms with E-state index in [4.69, 9.17) is 0 Å². The van der Waals surface area contributed by atoms with Crippen LogP contribution in [0.1, 0.15) is 29.9 Å². The van der Waals surface area contributed by atoms with Crippen molar-refractivity contribution in [3.05, 3.63) is 53.7 Å². The average Bonchev–Trinajstić information content (AvgIpc) is 2.38. The third kappa shape index (κ3) is 4.10. The monoisotopic (exact) mass is 286 g/mol. The van der Waals surface area contributed by atoms with Crippen molar-refractivity contribution >= 4 is 23.5 Å². The number of aromatic nitrogens is 1. The number of hydrogen-bond donors (Lipinski definition) is 1. The molecule has 0 saturated carbocycles. The third-order valence-corrected chi connectivity index (χ3v) is 3.60. The van der Waals surface area contributed by atoms with E-state index in [0.717, 1.165) is 10.6 Å². The van der Waals surface area contributed by atoms with Gasteiger partial charge in [0.2, 0.25) is 0 Å². The van der Waals surface area contributed by atoms with Crippen LogP contribution in [0.3, 0.4) is 0 Å². The molecule has 0 radical (unpaired) electrons. The molecule has 3 nitrogen and oxygen atoms in total. The highest BCUT2D eigenvalue weighted by molar-refractivity contribution is 7.99. The van der Waals surface area contributed by atoms with Crippen LogP contribution in [-0.2, 0) is 0 Å². The Balaban J connectivity index is 2.13. The Labute approximate surface area is 123 Å². The van der Waals surface area contributed by atoms with Crippen LogP contribution in [0.15, 0.2) is 47.4 Å². The van der Waals surface area contributed by atoms with Gasteiger partial charge in [-0.3, -0.25) is 4.79 Å². The Bertz CT molecular complexity index is 611. The molecule has 1 N–H and O–H groups in total. The van der Waals surface area contributed by atoms with Gasteiger partial charge in [-0.2, -0.15) is 0 Å². The summed E-state index contributed by atoms with van der Waals surface area (Å²) in [5.41, 5.74) is 1.53. The fourth-order valence-corrected chi connectivity index (χ4v) is 2.68. The van der Waals surface area contributed by atoms with Crippen LogP contribution in [-0.4, -0.2) is 16.1 Å². The molecule has 1 heterocycles. The van der Waals surface area contributed by atoms with Crippen LogP contribution in [0.4, 0.5) is 5.82 Å². The summed E-state index contributed by atoms with van der Waals surface area (Å²) in [6.45, 7) is 6.16. The molecule has 0 aliphatic carbocycles. The molecule has 0 atom stereocenters. The average molecular weight is 286 g/mol. The molecule has 1 aromatic carbocycles. The van der Waals surface area contributed by atoms with E-state index in [1.54, 1.807) is 17.8 Å². The SMILES string of the molecule is Cc1cccc(NC(=O)c2cccc(SC(C)C)c2)n1. The molecule has 2 aromatic rings. The predicted octanol–water partition coefficient (Wildman–Crippen LogP) is 4.14. The maximum atomic E-state index is 12.2. The minimum absolute atomic E-state index is 0.130. The Morgan fingerprint density at radius 3 is 2.65 bits per heavy atom. The molecule has 0 bridgehead atoms. The smallest absolute Gasteiger partial charge is 0.256 e. The fourth-order valence-electron chi connectivity index (χ4n) is 1.78. The highest BCUT2D eigenvalue weighted by Crippen LogP contribution is 2.23. The maximum Gasteiger partial charge on any atom is 0.256 e. The number of benzene rings is 1. The van der Waals surface area contributed by atoms with E-state index in [0.29, 0.717) is 16.6 Å². The van der Waals surface area contributed by atoms with E-state index in [1.165, 1.54) is 0 Å². The first-order valence-electron chi connectivity index (χ1n) is 6.56. The number of carbonyl (C=O) groups excluding carboxylic acids is 1. The molecule has 1 amide bonds. The summed E-state index contributed by atoms with van der Waals surface area (Å²) in [5, 5.41) is 3.31. The minimum Gasteiger partial charge on any atom is -0.307 e. The van der Waals surface area contributed by atoms with Crippen LogP contribution in [0.2, 0.25) is 0 Å². The predicted molar refractivity (Wildman–Crippen MR) is 84.4 cm³/mol. The topological polar surface area (TPSA) is 42.0 Å². The second-order valence-electron chi connectivity index (χ2n) is 4.81. The lowest BCUT2D eigenvalue weighted by Crippen LogP contribution is -2.13. The first kappa shape index (κ1) is 14.6. The van der Waals surface area contributed by atoms with Gasteiger partial charge < -0.3 is 5.32 Å². The zero-order chi connectivity index (χ0) is 14.5. The van der Waals surface area contributed by atoms with Crippen molar-refractivity contribution < 1.29 is 4.79 Å². The summed E-state index contributed by atoms with van der Waals surface area (Å²) in [4.78, 5) is 17.6. The normalized spacial score (nSPS) is 10.6. The number of thioether (sulfide) groups is 1. The maximum absolute atomic E-state index is 12.2. The van der Waals surface area contributed by atoms with Gasteiger partial charge in [-0.1, -0.05) is 26.0 Å². The summed E-state index contributed by atoms with van der Waals surface area (Å²) in [6.07, 6.45) is 0. The highest BCUT2D eigenvalue weighted by atomic mass is 32.2. The Morgan fingerprint density at radius 2 is 1.95 bits per heavy atom. The van der Waals surface area contributed by atoms with Crippen LogP contribution >= 0.6 is 11.8 Å². The molecule has 0 spiro atoms. The molecular formula is C16H18N2OS. The lowest BCUT2D eigenvalue weighted by molar-refractivity contribution is 0.102. The Kier molecular flexibility index (Phi) is 4.79. The molecule has 0 unspecified atom stereocenters. The molecule has 0 fully saturated rings. The lowest BCUT2D eigenvalue weighted by Gasteiger charge is -2.08. The van der Waals surface area contributed by atoms with E-state index in [-0.39, 0.29) is 5.91 Å². The second kappa shape index (κ2) is 6.57. The number of nitrogens with one attached hydrogen (secondary N) is 1. The molecular weight excluding hydrogens is 268 g/mol. The molecule has 1 aromatic heterocycles. The quantitative estimate of drug-likeness (QED) is 0.859. The largest absolute Gasteiger partial charge is 0.307 e. The number of hydrogen-bond acceptors (Lipinski definition) is 3. The number of rotatable bonds is 4. The van der Waals surface area contributed by atoms with Crippen LogP contribution < -0.4 is 5.32 Å². The number of nitrogens with zero attached hydrogens (tertiary/aromatic N) is 1. The van der Waals surface area contributed by atoms with Crippen molar-refractivity contribution in [1.82, 2.24) is 4.98 Å². The van der Waals surface area contributed by atoms with Crippen molar-refractivity contribution in [3.8, 4) is 0 Å². The van der Waals surface area contributed by atoms with Crippen molar-refractivity contribution in [1.29, 1.82) is 0 Å². The summed E-state index contributed by atoms with van der Waals surface area (Å²) in [5.74, 6) is 0.450. The minimum atomic E-state index is -0.130. The van der Waals surface area contributed by atoms with Crippen molar-refractivity contribution in [2.45, 2.75) is 30.9 Å². The Hall–Kier alpha value is -1.81. The van der Waals surface area contributed by atoms with E-state index in [9.17, 15) is 4.79 Å². The van der Waals surface area contributed by atoms with Crippen LogP contribution in [0, 0.1) is 6.92 Å². The number of anilines is 1. The van der Waals surface area contributed by atoms with E-state index < -0.39 is 0 Å². The standard InChI is InChI=1S/C16H18N2OS/c1-11(2)20-14-8-5-7-13(10-14)16(19)18-15-9-4-6-12(3)17-15/h4-11H,1-3H3,(H,17,18,19). The zero-order valence-electron chi connectivity index (χ0n) is 11.9. The van der Waals surface area contributed by atoms with Crippen LogP contribution in [0.25, 0.3) is 0 Å². The van der Waals surface area contributed by atoms with Gasteiger partial charge in [-0.25, -0.2) is 4.98 Å². The second-order valence-corrected chi connectivity index (χ2v) is 6.46. The van der Waals surface area contributed by atoms with E-state index >= 15 is 0 Å². The summed E-state index contributed by atoms with van der Waals surface area (Å²) < 4.78 is 0. The number of aryl methyl sites for hydroxylation is 1. The van der Waals surface area contributed by atoms with Gasteiger partial charge in [-0.05, 0) is 37.3 Å². The molecule has 0 saturated heterocycles. The number of amides is 1. The third-order valence-electron chi connectivity index (χ3n) is 2.60. The Morgan fingerprint density at radius 1 is 1.20 bits per heavy atom. The zero-order valence-corrected chi connectivity index (χ0v) is 12.7. The van der Waals surface area contributed by atoms with Gasteiger partial charge in [0.15, 0.2) is 0 Å². The summed E-state index contributed by atoms with van der Waals surface area (Å²) in [7, 11) is 0. The lowest BCUT2D eigenvalue weighted by atomic mass is 10.2. The molecule has 4 heteroatoms. The van der Waals surface area contributed by atoms with Gasteiger partial charge >= 0.3 is 0 Å². The fraction of sp³-hybridized carbons (Fsp3) is 0.250. The van der Waals surface area contributed by atoms with Gasteiger partial charge in [-0.15, -0.1) is 11.8 Å². The van der Waals surface area contributed by atoms with Crippen molar-refractivity contribution in [3.63, 3.8) is 0 Å².